The fourth-order valence-corrected chi connectivity index (χ4v) is 10.7. The third-order valence-corrected chi connectivity index (χ3v) is 13.6. The van der Waals surface area contributed by atoms with Gasteiger partial charge in [-0.15, -0.1) is 0 Å². The summed E-state index contributed by atoms with van der Waals surface area (Å²) >= 11 is 0. The van der Waals surface area contributed by atoms with E-state index in [4.69, 9.17) is 26.2 Å². The molecule has 0 saturated carbocycles. The zero-order chi connectivity index (χ0) is 37.7. The summed E-state index contributed by atoms with van der Waals surface area (Å²) in [6, 6.07) is 39.0. The summed E-state index contributed by atoms with van der Waals surface area (Å²) in [6.45, 7) is 4.68. The van der Waals surface area contributed by atoms with Gasteiger partial charge in [-0.3, -0.25) is 0 Å². The van der Waals surface area contributed by atoms with Crippen LogP contribution in [0.5, 0.6) is 0 Å². The first kappa shape index (κ1) is 24.0. The van der Waals surface area contributed by atoms with Crippen LogP contribution in [0.25, 0.3) is 89.1 Å². The summed E-state index contributed by atoms with van der Waals surface area (Å²) < 4.78 is 49.6. The van der Waals surface area contributed by atoms with Gasteiger partial charge in [-0.05, 0) is 50.0 Å². The first-order valence-corrected chi connectivity index (χ1v) is 19.6. The van der Waals surface area contributed by atoms with Gasteiger partial charge in [0.05, 0.1) is 6.85 Å². The Morgan fingerprint density at radius 2 is 1.18 bits per heavy atom. The average molecular weight is 663 g/mol. The number of benzene rings is 7. The van der Waals surface area contributed by atoms with Crippen molar-refractivity contribution in [2.45, 2.75) is 13.1 Å². The molecule has 236 valence electrons. The van der Waals surface area contributed by atoms with Gasteiger partial charge in [-0.2, -0.15) is 0 Å². The van der Waals surface area contributed by atoms with E-state index in [1.807, 2.05) is 60.7 Å². The van der Waals surface area contributed by atoms with E-state index in [-0.39, 0.29) is 23.5 Å². The average Bonchev–Trinajstić information content (AvgIpc) is 3.71. The van der Waals surface area contributed by atoms with Gasteiger partial charge in [0.25, 0.3) is 0 Å². The molecule has 0 radical (unpaired) electrons. The lowest BCUT2D eigenvalue weighted by Gasteiger charge is -2.19. The molecule has 4 nitrogen and oxygen atoms in total. The van der Waals surface area contributed by atoms with Crippen molar-refractivity contribution in [1.82, 2.24) is 15.0 Å². The number of nitrogens with zero attached hydrogens (tertiary/aromatic N) is 3. The maximum absolute atomic E-state index is 8.87. The van der Waals surface area contributed by atoms with Crippen LogP contribution in [0.3, 0.4) is 0 Å². The van der Waals surface area contributed by atoms with E-state index in [1.165, 1.54) is 15.9 Å². The van der Waals surface area contributed by atoms with Crippen molar-refractivity contribution in [1.29, 1.82) is 0 Å². The summed E-state index contributed by atoms with van der Waals surface area (Å²) in [5.41, 5.74) is 7.22. The summed E-state index contributed by atoms with van der Waals surface area (Å²) in [4.78, 5) is 14.9. The summed E-state index contributed by atoms with van der Waals surface area (Å²) in [6.07, 6.45) is 0. The highest BCUT2D eigenvalue weighted by Crippen LogP contribution is 2.43. The Kier molecular flexibility index (Phi) is 5.25. The van der Waals surface area contributed by atoms with Gasteiger partial charge in [0, 0.05) is 33.0 Å². The zero-order valence-electron chi connectivity index (χ0n) is 32.3. The van der Waals surface area contributed by atoms with E-state index < -0.39 is 26.2 Å². The summed E-state index contributed by atoms with van der Waals surface area (Å²) in [7, 11) is -2.23. The first-order valence-electron chi connectivity index (χ1n) is 19.1. The second-order valence-corrected chi connectivity index (χ2v) is 17.6. The van der Waals surface area contributed by atoms with Crippen molar-refractivity contribution in [3.63, 3.8) is 0 Å². The monoisotopic (exact) mass is 662 g/mol. The fourth-order valence-electron chi connectivity index (χ4n) is 7.60. The standard InChI is InChI=1S/C45H31N3OSi/c1-50(2)38-22-11-9-19-35(38)41-39(50)27-36(40-34-18-8-10-21-37(34)49-42(40)41)45-47-43(30-14-4-3-5-15-30)46-44(48-45)31-25-23-29(24-26-31)33-20-12-16-28-13-6-7-17-32(28)33/h3-27H,1-2H3/i3D,4D,5D,14D,15D. The van der Waals surface area contributed by atoms with Crippen molar-refractivity contribution in [2.24, 2.45) is 0 Å². The third kappa shape index (κ3) is 4.33. The topological polar surface area (TPSA) is 51.8 Å². The van der Waals surface area contributed by atoms with E-state index in [2.05, 4.69) is 73.8 Å². The van der Waals surface area contributed by atoms with Gasteiger partial charge in [0.1, 0.15) is 19.2 Å². The molecule has 10 rings (SSSR count). The number of fused-ring (bicyclic) bond motifs is 8. The number of para-hydroxylation sites is 1. The van der Waals surface area contributed by atoms with Crippen molar-refractivity contribution in [3.8, 4) is 56.4 Å². The van der Waals surface area contributed by atoms with E-state index in [1.54, 1.807) is 0 Å². The lowest BCUT2D eigenvalue weighted by molar-refractivity contribution is 0.670. The largest absolute Gasteiger partial charge is 0.455 e. The second-order valence-electron chi connectivity index (χ2n) is 13.2. The van der Waals surface area contributed by atoms with Crippen LogP contribution in [0.2, 0.25) is 13.1 Å². The minimum absolute atomic E-state index is 0.00336. The van der Waals surface area contributed by atoms with Crippen LogP contribution in [-0.4, -0.2) is 23.0 Å². The number of aromatic nitrogens is 3. The van der Waals surface area contributed by atoms with Gasteiger partial charge in [0.2, 0.25) is 0 Å². The number of furan rings is 1. The van der Waals surface area contributed by atoms with Gasteiger partial charge in [0.15, 0.2) is 17.5 Å². The molecule has 3 heterocycles. The smallest absolute Gasteiger partial charge is 0.164 e. The highest BCUT2D eigenvalue weighted by atomic mass is 28.3. The van der Waals surface area contributed by atoms with Crippen LogP contribution in [0.1, 0.15) is 6.85 Å². The van der Waals surface area contributed by atoms with Crippen LogP contribution in [0.4, 0.5) is 0 Å². The molecule has 0 atom stereocenters. The van der Waals surface area contributed by atoms with Gasteiger partial charge in [-0.25, -0.2) is 15.0 Å². The van der Waals surface area contributed by atoms with Crippen LogP contribution < -0.4 is 10.4 Å². The molecule has 5 heteroatoms. The maximum atomic E-state index is 8.87. The van der Waals surface area contributed by atoms with Gasteiger partial charge >= 0.3 is 0 Å². The lowest BCUT2D eigenvalue weighted by atomic mass is 9.97. The molecule has 1 aliphatic heterocycles. The molecular formula is C45H31N3OSi. The minimum atomic E-state index is -2.23. The lowest BCUT2D eigenvalue weighted by Crippen LogP contribution is -2.49. The zero-order valence-corrected chi connectivity index (χ0v) is 28.3. The number of rotatable bonds is 4. The van der Waals surface area contributed by atoms with Crippen molar-refractivity contribution < 1.29 is 11.3 Å². The molecule has 50 heavy (non-hydrogen) atoms. The Morgan fingerprint density at radius 3 is 2.02 bits per heavy atom. The molecule has 0 bridgehead atoms. The highest BCUT2D eigenvalue weighted by molar-refractivity contribution is 7.04. The highest BCUT2D eigenvalue weighted by Gasteiger charge is 2.40. The van der Waals surface area contributed by atoms with Gasteiger partial charge in [-0.1, -0.05) is 153 Å². The SMILES string of the molecule is [2H]c1c([2H])c([2H])c(-c2nc(-c3ccc(-c4cccc5ccccc45)cc3)nc(-c3cc4c(c5oc6ccccc6c35)-c3ccccc3[Si]4(C)C)n2)c([2H])c1[2H]. The quantitative estimate of drug-likeness (QED) is 0.176. The molecule has 0 aliphatic carbocycles. The van der Waals surface area contributed by atoms with Crippen LogP contribution in [0.15, 0.2) is 156 Å². The Morgan fingerprint density at radius 1 is 0.540 bits per heavy atom. The molecule has 0 N–H and O–H groups in total. The predicted molar refractivity (Wildman–Crippen MR) is 209 cm³/mol. The third-order valence-electron chi connectivity index (χ3n) is 10.0. The number of hydrogen-bond donors (Lipinski definition) is 0. The summed E-state index contributed by atoms with van der Waals surface area (Å²) in [5.74, 6) is 0.638. The van der Waals surface area contributed by atoms with Crippen molar-refractivity contribution >= 4 is 51.2 Å². The van der Waals surface area contributed by atoms with Crippen molar-refractivity contribution in [3.05, 3.63) is 152 Å². The van der Waals surface area contributed by atoms with Crippen LogP contribution in [0, 0.1) is 0 Å². The van der Waals surface area contributed by atoms with E-state index in [0.717, 1.165) is 55.0 Å². The van der Waals surface area contributed by atoms with Crippen LogP contribution >= 0.6 is 0 Å². The Hall–Kier alpha value is -6.17. The molecule has 0 fully saturated rings. The Bertz CT molecular complexity index is 3050. The molecule has 2 aromatic heterocycles. The van der Waals surface area contributed by atoms with E-state index in [0.29, 0.717) is 17.2 Å². The molecule has 0 saturated heterocycles. The first-order chi connectivity index (χ1) is 26.6. The molecule has 9 aromatic rings. The van der Waals surface area contributed by atoms with Crippen LogP contribution in [-0.2, 0) is 0 Å². The molecule has 1 aliphatic rings. The van der Waals surface area contributed by atoms with E-state index in [9.17, 15) is 0 Å². The predicted octanol–water partition coefficient (Wildman–Crippen LogP) is 10.4. The minimum Gasteiger partial charge on any atom is -0.455 e. The number of hydrogen-bond acceptors (Lipinski definition) is 4. The molecule has 0 spiro atoms. The molecule has 0 amide bonds. The Balaban J connectivity index is 1.25. The summed E-state index contributed by atoms with van der Waals surface area (Å²) in [5, 5.41) is 6.57. The molecule has 0 unspecified atom stereocenters. The van der Waals surface area contributed by atoms with Gasteiger partial charge < -0.3 is 4.42 Å². The van der Waals surface area contributed by atoms with E-state index >= 15 is 0 Å². The van der Waals surface area contributed by atoms with Crippen molar-refractivity contribution in [2.75, 3.05) is 0 Å². The maximum Gasteiger partial charge on any atom is 0.164 e. The molecule has 7 aromatic carbocycles. The second kappa shape index (κ2) is 10.9. The molecular weight excluding hydrogens is 627 g/mol. The normalized spacial score (nSPS) is 14.6. The Labute approximate surface area is 297 Å². The fraction of sp³-hybridized carbons (Fsp3) is 0.0444.